The Kier molecular flexibility index (Phi) is 12.4. The summed E-state index contributed by atoms with van der Waals surface area (Å²) in [5.41, 5.74) is 0. The molecule has 0 fully saturated rings. The quantitative estimate of drug-likeness (QED) is 0.529. The van der Waals surface area contributed by atoms with Crippen LogP contribution in [0.3, 0.4) is 0 Å². The van der Waals surface area contributed by atoms with Gasteiger partial charge in [0.15, 0.2) is 0 Å². The largest absolute Gasteiger partial charge is 0.396 e. The van der Waals surface area contributed by atoms with E-state index < -0.39 is 0 Å². The zero-order valence-electron chi connectivity index (χ0n) is 4.40. The smallest absolute Gasteiger partial charge is 0.107 e. The summed E-state index contributed by atoms with van der Waals surface area (Å²) < 4.78 is 0. The number of aliphatic hydroxyl groups is 1. The van der Waals surface area contributed by atoms with Gasteiger partial charge >= 0.3 is 0 Å². The molecule has 0 unspecified atom stereocenters. The summed E-state index contributed by atoms with van der Waals surface area (Å²) in [6, 6.07) is 0. The topological polar surface area (TPSA) is 20.2 Å². The molecule has 1 nitrogen and oxygen atoms in total. The summed E-state index contributed by atoms with van der Waals surface area (Å²) in [5, 5.41) is 8.20. The van der Waals surface area contributed by atoms with Crippen LogP contribution in [-0.2, 0) is 21.7 Å². The fourth-order valence-corrected chi connectivity index (χ4v) is 0.554. The van der Waals surface area contributed by atoms with E-state index in [1.165, 1.54) is 0 Å². The van der Waals surface area contributed by atoms with Crippen molar-refractivity contribution in [1.29, 1.82) is 0 Å². The number of hydrogen-bond acceptors (Lipinski definition) is 1. The molecule has 0 saturated carbocycles. The Bertz CT molecular complexity index is 43.0. The number of alkyl halides is 2. The van der Waals surface area contributed by atoms with Crippen LogP contribution in [0.4, 0.5) is 0 Å². The van der Waals surface area contributed by atoms with Gasteiger partial charge in [0.1, 0.15) is 4.84 Å². The minimum Gasteiger partial charge on any atom is -0.396 e. The van der Waals surface area contributed by atoms with Gasteiger partial charge in [-0.15, -0.1) is 23.2 Å². The van der Waals surface area contributed by atoms with Crippen LogP contribution in [0.2, 0.25) is 0 Å². The Morgan fingerprint density at radius 3 is 2.00 bits per heavy atom. The van der Waals surface area contributed by atoms with E-state index in [-0.39, 0.29) is 33.2 Å². The molecule has 0 radical (unpaired) electrons. The molecule has 0 aliphatic carbocycles. The maximum absolute atomic E-state index is 8.20. The molecule has 0 aliphatic rings. The first-order valence-electron chi connectivity index (χ1n) is 2.16. The van der Waals surface area contributed by atoms with E-state index in [1.54, 1.807) is 0 Å². The van der Waals surface area contributed by atoms with Crippen molar-refractivity contribution < 1.29 is 26.8 Å². The minimum absolute atomic E-state index is 0. The predicted molar refractivity (Wildman–Crippen MR) is 31.8 cm³/mol. The van der Waals surface area contributed by atoms with Gasteiger partial charge in [-0.1, -0.05) is 0 Å². The van der Waals surface area contributed by atoms with E-state index in [1.807, 2.05) is 0 Å². The zero-order chi connectivity index (χ0) is 5.70. The maximum atomic E-state index is 8.20. The molecule has 48 valence electrons. The average Bonchev–Trinajstić information content (AvgIpc) is 1.61. The van der Waals surface area contributed by atoms with Gasteiger partial charge in [0.2, 0.25) is 0 Å². The Labute approximate surface area is 74.2 Å². The van der Waals surface area contributed by atoms with Gasteiger partial charge in [-0.2, -0.15) is 0 Å². The second-order valence-electron chi connectivity index (χ2n) is 1.26. The molecule has 0 heterocycles. The SMILES string of the molecule is OCCCC(Cl)Cl.[Ti]. The number of halogens is 2. The van der Waals surface area contributed by atoms with E-state index in [0.717, 1.165) is 0 Å². The molecule has 0 amide bonds. The van der Waals surface area contributed by atoms with Crippen LogP contribution in [0.1, 0.15) is 12.8 Å². The van der Waals surface area contributed by atoms with Gasteiger partial charge in [-0.3, -0.25) is 0 Å². The maximum Gasteiger partial charge on any atom is 0.107 e. The average molecular weight is 191 g/mol. The van der Waals surface area contributed by atoms with Crippen molar-refractivity contribution in [2.24, 2.45) is 0 Å². The molecule has 0 bridgehead atoms. The van der Waals surface area contributed by atoms with E-state index in [2.05, 4.69) is 0 Å². The van der Waals surface area contributed by atoms with Gasteiger partial charge in [0.05, 0.1) is 0 Å². The Balaban J connectivity index is 0. The fraction of sp³-hybridized carbons (Fsp3) is 1.00. The molecule has 8 heavy (non-hydrogen) atoms. The summed E-state index contributed by atoms with van der Waals surface area (Å²) in [6.07, 6.45) is 1.37. The van der Waals surface area contributed by atoms with Crippen LogP contribution in [0.25, 0.3) is 0 Å². The first-order valence-corrected chi connectivity index (χ1v) is 3.03. The molecule has 0 aliphatic heterocycles. The van der Waals surface area contributed by atoms with E-state index in [9.17, 15) is 0 Å². The Morgan fingerprint density at radius 1 is 1.38 bits per heavy atom. The van der Waals surface area contributed by atoms with Crippen LogP contribution in [0, 0.1) is 0 Å². The van der Waals surface area contributed by atoms with E-state index >= 15 is 0 Å². The van der Waals surface area contributed by atoms with Gasteiger partial charge in [-0.05, 0) is 12.8 Å². The van der Waals surface area contributed by atoms with Crippen LogP contribution < -0.4 is 0 Å². The van der Waals surface area contributed by atoms with Gasteiger partial charge in [-0.25, -0.2) is 0 Å². The fourth-order valence-electron chi connectivity index (χ4n) is 0.246. The second kappa shape index (κ2) is 8.25. The van der Waals surface area contributed by atoms with Crippen molar-refractivity contribution in [3.05, 3.63) is 0 Å². The van der Waals surface area contributed by atoms with Crippen LogP contribution in [-0.4, -0.2) is 16.5 Å². The van der Waals surface area contributed by atoms with Crippen molar-refractivity contribution >= 4 is 23.2 Å². The van der Waals surface area contributed by atoms with Gasteiger partial charge in [0.25, 0.3) is 0 Å². The third-order valence-electron chi connectivity index (χ3n) is 0.580. The van der Waals surface area contributed by atoms with Crippen molar-refractivity contribution in [1.82, 2.24) is 0 Å². The zero-order valence-corrected chi connectivity index (χ0v) is 7.48. The molecule has 0 rings (SSSR count). The number of rotatable bonds is 3. The molecule has 0 saturated heterocycles. The van der Waals surface area contributed by atoms with Crippen LogP contribution in [0.5, 0.6) is 0 Å². The van der Waals surface area contributed by atoms with E-state index in [4.69, 9.17) is 28.3 Å². The predicted octanol–water partition coefficient (Wildman–Crippen LogP) is 1.56. The normalized spacial score (nSPS) is 9.00. The Hall–Kier alpha value is 1.25. The van der Waals surface area contributed by atoms with Gasteiger partial charge < -0.3 is 5.11 Å². The molecular weight excluding hydrogens is 183 g/mol. The molecule has 0 atom stereocenters. The molecule has 4 heteroatoms. The van der Waals surface area contributed by atoms with Crippen molar-refractivity contribution in [3.63, 3.8) is 0 Å². The third-order valence-corrected chi connectivity index (χ3v) is 1.02. The van der Waals surface area contributed by atoms with Crippen LogP contribution >= 0.6 is 23.2 Å². The summed E-state index contributed by atoms with van der Waals surface area (Å²) in [5.74, 6) is 0. The molecular formula is C4H8Cl2OTi. The third kappa shape index (κ3) is 10.3. The van der Waals surface area contributed by atoms with E-state index in [0.29, 0.717) is 12.8 Å². The standard InChI is InChI=1S/C4H8Cl2O.Ti/c5-4(6)2-1-3-7;/h4,7H,1-3H2;. The van der Waals surface area contributed by atoms with Crippen molar-refractivity contribution in [2.75, 3.05) is 6.61 Å². The van der Waals surface area contributed by atoms with Crippen molar-refractivity contribution in [2.45, 2.75) is 17.7 Å². The monoisotopic (exact) mass is 190 g/mol. The summed E-state index contributed by atoms with van der Waals surface area (Å²) in [7, 11) is 0. The molecule has 0 aromatic heterocycles. The first-order chi connectivity index (χ1) is 3.27. The number of aliphatic hydroxyl groups excluding tert-OH is 1. The summed E-state index contributed by atoms with van der Waals surface area (Å²) in [6.45, 7) is 0.177. The first kappa shape index (κ1) is 12.0. The molecule has 0 aromatic rings. The summed E-state index contributed by atoms with van der Waals surface area (Å²) >= 11 is 10.6. The van der Waals surface area contributed by atoms with Crippen molar-refractivity contribution in [3.8, 4) is 0 Å². The number of hydrogen-bond donors (Lipinski definition) is 1. The second-order valence-corrected chi connectivity index (χ2v) is 2.53. The van der Waals surface area contributed by atoms with Gasteiger partial charge in [0, 0.05) is 28.3 Å². The molecule has 0 aromatic carbocycles. The summed E-state index contributed by atoms with van der Waals surface area (Å²) in [4.78, 5) is -0.313. The molecule has 0 spiro atoms. The Morgan fingerprint density at radius 2 is 1.88 bits per heavy atom. The van der Waals surface area contributed by atoms with Crippen LogP contribution in [0.15, 0.2) is 0 Å². The molecule has 1 N–H and O–H groups in total. The minimum atomic E-state index is -0.313.